The summed E-state index contributed by atoms with van der Waals surface area (Å²) in [5.41, 5.74) is 22.0. The minimum Gasteiger partial charge on any atom is -0.398 e. The van der Waals surface area contributed by atoms with E-state index in [1.165, 1.54) is 43.8 Å². The number of hydrogen-bond donors (Lipinski definition) is 2. The number of anilines is 2. The van der Waals surface area contributed by atoms with Gasteiger partial charge in [0.05, 0.1) is 0 Å². The topological polar surface area (TPSA) is 52.0 Å². The molecule has 4 N–H and O–H groups in total. The van der Waals surface area contributed by atoms with Crippen molar-refractivity contribution < 1.29 is 0 Å². The molecule has 0 atom stereocenters. The zero-order valence-corrected chi connectivity index (χ0v) is 18.2. The Hall–Kier alpha value is -4.04. The van der Waals surface area contributed by atoms with E-state index in [9.17, 15) is 0 Å². The zero-order valence-electron chi connectivity index (χ0n) is 18.2. The maximum absolute atomic E-state index is 6.99. The number of nitrogen functional groups attached to an aromatic ring is 2. The van der Waals surface area contributed by atoms with Gasteiger partial charge in [0.1, 0.15) is 0 Å². The summed E-state index contributed by atoms with van der Waals surface area (Å²) in [6.45, 7) is 4.26. The molecule has 6 aromatic carbocycles. The molecule has 0 saturated heterocycles. The fourth-order valence-electron chi connectivity index (χ4n) is 5.21. The summed E-state index contributed by atoms with van der Waals surface area (Å²) < 4.78 is 0. The largest absolute Gasteiger partial charge is 0.398 e. The molecule has 0 bridgehead atoms. The summed E-state index contributed by atoms with van der Waals surface area (Å²) in [6.07, 6.45) is 0. The van der Waals surface area contributed by atoms with E-state index in [1.54, 1.807) is 0 Å². The molecule has 32 heavy (non-hydrogen) atoms. The molecule has 0 aliphatic heterocycles. The highest BCUT2D eigenvalue weighted by Crippen LogP contribution is 2.49. The van der Waals surface area contributed by atoms with Gasteiger partial charge in [-0.25, -0.2) is 0 Å². The van der Waals surface area contributed by atoms with E-state index in [-0.39, 0.29) is 0 Å². The van der Waals surface area contributed by atoms with Crippen LogP contribution in [0.4, 0.5) is 11.4 Å². The summed E-state index contributed by atoms with van der Waals surface area (Å²) in [6, 6.07) is 30.1. The molecular weight excluding hydrogens is 388 g/mol. The van der Waals surface area contributed by atoms with Crippen molar-refractivity contribution in [3.05, 3.63) is 96.1 Å². The van der Waals surface area contributed by atoms with Crippen molar-refractivity contribution in [2.45, 2.75) is 13.8 Å². The Bertz CT molecular complexity index is 1660. The Morgan fingerprint density at radius 3 is 1.81 bits per heavy atom. The molecule has 154 valence electrons. The average Bonchev–Trinajstić information content (AvgIpc) is 2.79. The maximum atomic E-state index is 6.99. The van der Waals surface area contributed by atoms with Gasteiger partial charge >= 0.3 is 0 Å². The first-order chi connectivity index (χ1) is 15.5. The monoisotopic (exact) mass is 412 g/mol. The molecular formula is C30H24N2. The minimum absolute atomic E-state index is 0.797. The lowest BCUT2D eigenvalue weighted by Crippen LogP contribution is -1.99. The van der Waals surface area contributed by atoms with Crippen molar-refractivity contribution in [2.24, 2.45) is 0 Å². The molecule has 0 aliphatic carbocycles. The van der Waals surface area contributed by atoms with E-state index in [1.807, 2.05) is 6.07 Å². The van der Waals surface area contributed by atoms with Gasteiger partial charge in [-0.05, 0) is 52.8 Å². The quantitative estimate of drug-likeness (QED) is 0.226. The molecule has 0 saturated carbocycles. The maximum Gasteiger partial charge on any atom is 0.0480 e. The molecule has 0 heterocycles. The molecule has 0 aromatic heterocycles. The predicted octanol–water partition coefficient (Wildman–Crippen LogP) is 7.70. The smallest absolute Gasteiger partial charge is 0.0480 e. The van der Waals surface area contributed by atoms with Crippen LogP contribution < -0.4 is 11.5 Å². The average molecular weight is 413 g/mol. The highest BCUT2D eigenvalue weighted by molar-refractivity contribution is 6.31. The van der Waals surface area contributed by atoms with Gasteiger partial charge in [0.25, 0.3) is 0 Å². The van der Waals surface area contributed by atoms with Crippen LogP contribution in [0.2, 0.25) is 0 Å². The van der Waals surface area contributed by atoms with Crippen molar-refractivity contribution in [2.75, 3.05) is 11.5 Å². The van der Waals surface area contributed by atoms with Gasteiger partial charge in [-0.3, -0.25) is 0 Å². The molecule has 0 aliphatic rings. The minimum atomic E-state index is 0.797. The normalized spacial score (nSPS) is 11.7. The number of rotatable bonds is 2. The fourth-order valence-corrected chi connectivity index (χ4v) is 5.21. The Kier molecular flexibility index (Phi) is 3.93. The van der Waals surface area contributed by atoms with Gasteiger partial charge in [0.2, 0.25) is 0 Å². The van der Waals surface area contributed by atoms with Crippen molar-refractivity contribution in [1.82, 2.24) is 0 Å². The Morgan fingerprint density at radius 2 is 1.12 bits per heavy atom. The second-order valence-electron chi connectivity index (χ2n) is 8.80. The predicted molar refractivity (Wildman–Crippen MR) is 139 cm³/mol. The fraction of sp³-hybridized carbons (Fsp3) is 0.0667. The summed E-state index contributed by atoms with van der Waals surface area (Å²) in [5.74, 6) is 0. The van der Waals surface area contributed by atoms with Crippen LogP contribution in [0.3, 0.4) is 0 Å². The van der Waals surface area contributed by atoms with Gasteiger partial charge < -0.3 is 11.5 Å². The first kappa shape index (κ1) is 18.7. The van der Waals surface area contributed by atoms with Crippen LogP contribution in [-0.4, -0.2) is 0 Å². The van der Waals surface area contributed by atoms with Crippen molar-refractivity contribution in [3.8, 4) is 22.3 Å². The van der Waals surface area contributed by atoms with Crippen LogP contribution in [0, 0.1) is 13.8 Å². The second kappa shape index (κ2) is 6.73. The molecule has 0 fully saturated rings. The van der Waals surface area contributed by atoms with Gasteiger partial charge in [-0.15, -0.1) is 0 Å². The van der Waals surface area contributed by atoms with Gasteiger partial charge in [0.15, 0.2) is 0 Å². The zero-order chi connectivity index (χ0) is 22.0. The lowest BCUT2D eigenvalue weighted by Gasteiger charge is -2.22. The summed E-state index contributed by atoms with van der Waals surface area (Å²) >= 11 is 0. The Morgan fingerprint density at radius 1 is 0.531 bits per heavy atom. The van der Waals surface area contributed by atoms with E-state index in [2.05, 4.69) is 92.7 Å². The van der Waals surface area contributed by atoms with Crippen LogP contribution in [-0.2, 0) is 0 Å². The molecule has 2 nitrogen and oxygen atoms in total. The van der Waals surface area contributed by atoms with E-state index in [0.29, 0.717) is 0 Å². The van der Waals surface area contributed by atoms with Crippen LogP contribution >= 0.6 is 0 Å². The Labute approximate surface area is 187 Å². The van der Waals surface area contributed by atoms with Crippen LogP contribution in [0.25, 0.3) is 54.6 Å². The summed E-state index contributed by atoms with van der Waals surface area (Å²) in [5, 5.41) is 6.94. The molecule has 0 unspecified atom stereocenters. The van der Waals surface area contributed by atoms with E-state index in [0.717, 1.165) is 33.3 Å². The number of hydrogen-bond acceptors (Lipinski definition) is 2. The second-order valence-corrected chi connectivity index (χ2v) is 8.80. The van der Waals surface area contributed by atoms with Crippen molar-refractivity contribution in [3.63, 3.8) is 0 Å². The third-order valence-corrected chi connectivity index (χ3v) is 6.64. The summed E-state index contributed by atoms with van der Waals surface area (Å²) in [4.78, 5) is 0. The molecule has 6 aromatic rings. The molecule has 0 radical (unpaired) electrons. The SMILES string of the molecule is Cc1cccc(-c2c(N)c3ccc4ccc(N)c5ccc(c2-c2cccc(C)c2)c3c45)c1. The third-order valence-electron chi connectivity index (χ3n) is 6.64. The van der Waals surface area contributed by atoms with Crippen LogP contribution in [0.1, 0.15) is 11.1 Å². The molecule has 6 rings (SSSR count). The van der Waals surface area contributed by atoms with E-state index < -0.39 is 0 Å². The molecule has 2 heteroatoms. The van der Waals surface area contributed by atoms with Gasteiger partial charge in [-0.1, -0.05) is 90.0 Å². The van der Waals surface area contributed by atoms with Crippen LogP contribution in [0.5, 0.6) is 0 Å². The Balaban J connectivity index is 1.89. The van der Waals surface area contributed by atoms with Crippen molar-refractivity contribution in [1.29, 1.82) is 0 Å². The lowest BCUT2D eigenvalue weighted by molar-refractivity contribution is 1.46. The summed E-state index contributed by atoms with van der Waals surface area (Å²) in [7, 11) is 0. The van der Waals surface area contributed by atoms with Gasteiger partial charge in [0, 0.05) is 33.1 Å². The lowest BCUT2D eigenvalue weighted by atomic mass is 9.83. The first-order valence-corrected chi connectivity index (χ1v) is 11.0. The third kappa shape index (κ3) is 2.59. The van der Waals surface area contributed by atoms with E-state index in [4.69, 9.17) is 11.5 Å². The number of aryl methyl sites for hydroxylation is 2. The van der Waals surface area contributed by atoms with E-state index >= 15 is 0 Å². The molecule has 0 spiro atoms. The molecule has 0 amide bonds. The van der Waals surface area contributed by atoms with Gasteiger partial charge in [-0.2, -0.15) is 0 Å². The highest BCUT2D eigenvalue weighted by Gasteiger charge is 2.21. The number of benzene rings is 6. The van der Waals surface area contributed by atoms with Crippen molar-refractivity contribution >= 4 is 43.7 Å². The number of nitrogens with two attached hydrogens (primary N) is 2. The van der Waals surface area contributed by atoms with Crippen LogP contribution in [0.15, 0.2) is 84.9 Å². The standard InChI is InChI=1S/C30H24N2/c1-17-5-3-7-20(15-17)27-23-13-12-22-25(31)14-10-19-9-11-24(29(23)26(19)22)30(32)28(27)21-8-4-6-18(2)16-21/h3-16H,31-32H2,1-2H3. The highest BCUT2D eigenvalue weighted by atomic mass is 14.6. The first-order valence-electron chi connectivity index (χ1n) is 11.0.